The summed E-state index contributed by atoms with van der Waals surface area (Å²) >= 11 is 0. The van der Waals surface area contributed by atoms with Gasteiger partial charge in [-0.3, -0.25) is 0 Å². The fourth-order valence-electron chi connectivity index (χ4n) is 2.00. The third kappa shape index (κ3) is 3.13. The van der Waals surface area contributed by atoms with Crippen molar-refractivity contribution in [3.05, 3.63) is 24.3 Å². The topological polar surface area (TPSA) is 67.8 Å². The Balaban J connectivity index is 1.83. The van der Waals surface area contributed by atoms with E-state index in [1.165, 1.54) is 0 Å². The van der Waals surface area contributed by atoms with Gasteiger partial charge in [-0.05, 0) is 25.0 Å². The van der Waals surface area contributed by atoms with E-state index >= 15 is 0 Å². The molecule has 1 aliphatic heterocycles. The molecule has 1 aromatic carbocycles. The van der Waals surface area contributed by atoms with Crippen molar-refractivity contribution >= 4 is 11.7 Å². The summed E-state index contributed by atoms with van der Waals surface area (Å²) in [5, 5.41) is 12.0. The van der Waals surface area contributed by atoms with E-state index in [1.54, 1.807) is 7.11 Å². The molecule has 2 unspecified atom stereocenters. The van der Waals surface area contributed by atoms with Gasteiger partial charge >= 0.3 is 5.97 Å². The van der Waals surface area contributed by atoms with Crippen molar-refractivity contribution in [3.63, 3.8) is 0 Å². The van der Waals surface area contributed by atoms with Crippen molar-refractivity contribution in [2.45, 2.75) is 25.0 Å². The van der Waals surface area contributed by atoms with Gasteiger partial charge in [0.05, 0.1) is 13.2 Å². The largest absolute Gasteiger partial charge is 0.497 e. The maximum absolute atomic E-state index is 10.7. The molecule has 1 aromatic rings. The summed E-state index contributed by atoms with van der Waals surface area (Å²) in [5.74, 6) is -0.0883. The summed E-state index contributed by atoms with van der Waals surface area (Å²) in [6, 6.07) is 7.60. The zero-order valence-corrected chi connectivity index (χ0v) is 10.3. The van der Waals surface area contributed by atoms with Gasteiger partial charge in [0.1, 0.15) is 5.75 Å². The normalized spacial score (nSPS) is 22.7. The first kappa shape index (κ1) is 12.7. The number of benzene rings is 1. The van der Waals surface area contributed by atoms with Crippen LogP contribution in [0.1, 0.15) is 12.8 Å². The van der Waals surface area contributed by atoms with Crippen LogP contribution in [-0.4, -0.2) is 36.9 Å². The van der Waals surface area contributed by atoms with Gasteiger partial charge < -0.3 is 19.9 Å². The van der Waals surface area contributed by atoms with Crippen LogP contribution in [0.15, 0.2) is 24.3 Å². The lowest BCUT2D eigenvalue weighted by molar-refractivity contribution is -0.149. The van der Waals surface area contributed by atoms with Crippen molar-refractivity contribution in [1.82, 2.24) is 0 Å². The van der Waals surface area contributed by atoms with Crippen LogP contribution < -0.4 is 10.1 Å². The van der Waals surface area contributed by atoms with Crippen LogP contribution in [-0.2, 0) is 9.53 Å². The lowest BCUT2D eigenvalue weighted by atomic mass is 10.2. The summed E-state index contributed by atoms with van der Waals surface area (Å²) in [5.41, 5.74) is 0.941. The Kier molecular flexibility index (Phi) is 4.04. The molecule has 0 aliphatic carbocycles. The average molecular weight is 251 g/mol. The summed E-state index contributed by atoms with van der Waals surface area (Å²) in [6.45, 7) is 0.608. The van der Waals surface area contributed by atoms with E-state index in [4.69, 9.17) is 14.6 Å². The molecule has 1 aliphatic rings. The molecule has 2 rings (SSSR count). The molecule has 0 spiro atoms. The van der Waals surface area contributed by atoms with Crippen molar-refractivity contribution in [1.29, 1.82) is 0 Å². The molecule has 98 valence electrons. The minimum Gasteiger partial charge on any atom is -0.497 e. The monoisotopic (exact) mass is 251 g/mol. The number of hydrogen-bond acceptors (Lipinski definition) is 4. The molecule has 0 amide bonds. The molecule has 0 radical (unpaired) electrons. The Labute approximate surface area is 106 Å². The Bertz CT molecular complexity index is 421. The second kappa shape index (κ2) is 5.73. The van der Waals surface area contributed by atoms with Gasteiger partial charge in [-0.25, -0.2) is 4.79 Å². The quantitative estimate of drug-likeness (QED) is 0.834. The highest BCUT2D eigenvalue weighted by Gasteiger charge is 2.30. The number of aliphatic carboxylic acids is 1. The van der Waals surface area contributed by atoms with E-state index in [0.29, 0.717) is 13.0 Å². The molecule has 0 bridgehead atoms. The molecule has 0 saturated carbocycles. The Morgan fingerprint density at radius 1 is 1.56 bits per heavy atom. The zero-order valence-electron chi connectivity index (χ0n) is 10.3. The van der Waals surface area contributed by atoms with Gasteiger partial charge in [-0.15, -0.1) is 0 Å². The Hall–Kier alpha value is -1.75. The first-order chi connectivity index (χ1) is 8.69. The molecular formula is C13H17NO4. The van der Waals surface area contributed by atoms with E-state index in [0.717, 1.165) is 17.9 Å². The van der Waals surface area contributed by atoms with Gasteiger partial charge in [0.25, 0.3) is 0 Å². The number of nitrogens with one attached hydrogen (secondary N) is 1. The number of hydrogen-bond donors (Lipinski definition) is 2. The minimum atomic E-state index is -0.876. The molecule has 1 saturated heterocycles. The summed E-state index contributed by atoms with van der Waals surface area (Å²) in [4.78, 5) is 10.7. The molecule has 5 nitrogen and oxygen atoms in total. The Morgan fingerprint density at radius 3 is 3.06 bits per heavy atom. The number of rotatable bonds is 5. The fourth-order valence-corrected chi connectivity index (χ4v) is 2.00. The lowest BCUT2D eigenvalue weighted by Crippen LogP contribution is -2.24. The number of ether oxygens (including phenoxy) is 2. The first-order valence-electron chi connectivity index (χ1n) is 5.95. The second-order valence-corrected chi connectivity index (χ2v) is 4.28. The van der Waals surface area contributed by atoms with Crippen LogP contribution in [0.2, 0.25) is 0 Å². The maximum Gasteiger partial charge on any atom is 0.332 e. The molecule has 1 fully saturated rings. The van der Waals surface area contributed by atoms with Crippen LogP contribution >= 0.6 is 0 Å². The number of anilines is 1. The van der Waals surface area contributed by atoms with Gasteiger partial charge in [0, 0.05) is 18.3 Å². The third-order valence-electron chi connectivity index (χ3n) is 2.99. The average Bonchev–Trinajstić information content (AvgIpc) is 2.85. The van der Waals surface area contributed by atoms with Gasteiger partial charge in [0.2, 0.25) is 0 Å². The molecule has 2 N–H and O–H groups in total. The van der Waals surface area contributed by atoms with Gasteiger partial charge in [0.15, 0.2) is 6.10 Å². The predicted molar refractivity (Wildman–Crippen MR) is 67.0 cm³/mol. The van der Waals surface area contributed by atoms with Crippen LogP contribution in [0.25, 0.3) is 0 Å². The smallest absolute Gasteiger partial charge is 0.332 e. The van der Waals surface area contributed by atoms with E-state index in [2.05, 4.69) is 5.32 Å². The van der Waals surface area contributed by atoms with Crippen molar-refractivity contribution in [2.75, 3.05) is 19.0 Å². The standard InChI is InChI=1S/C13H17NO4/c1-17-10-4-2-3-9(7-10)14-8-11-5-6-12(18-11)13(15)16/h2-4,7,11-12,14H,5-6,8H2,1H3,(H,15,16). The second-order valence-electron chi connectivity index (χ2n) is 4.28. The van der Waals surface area contributed by atoms with Gasteiger partial charge in [-0.1, -0.05) is 6.07 Å². The number of carboxylic acids is 1. The summed E-state index contributed by atoms with van der Waals surface area (Å²) in [7, 11) is 1.62. The van der Waals surface area contributed by atoms with Crippen LogP contribution in [0, 0.1) is 0 Å². The minimum absolute atomic E-state index is 0.0442. The Morgan fingerprint density at radius 2 is 2.39 bits per heavy atom. The third-order valence-corrected chi connectivity index (χ3v) is 2.99. The van der Waals surface area contributed by atoms with E-state index in [9.17, 15) is 4.79 Å². The maximum atomic E-state index is 10.7. The highest BCUT2D eigenvalue weighted by molar-refractivity contribution is 5.72. The zero-order chi connectivity index (χ0) is 13.0. The SMILES string of the molecule is COc1cccc(NCC2CCC(C(=O)O)O2)c1. The highest BCUT2D eigenvalue weighted by atomic mass is 16.5. The predicted octanol–water partition coefficient (Wildman–Crippen LogP) is 1.74. The van der Waals surface area contributed by atoms with E-state index in [1.807, 2.05) is 24.3 Å². The van der Waals surface area contributed by atoms with Crippen LogP contribution in [0.3, 0.4) is 0 Å². The molecule has 5 heteroatoms. The first-order valence-corrected chi connectivity index (χ1v) is 5.95. The van der Waals surface area contributed by atoms with E-state index < -0.39 is 12.1 Å². The number of carbonyl (C=O) groups is 1. The number of methoxy groups -OCH3 is 1. The fraction of sp³-hybridized carbons (Fsp3) is 0.462. The molecule has 0 aromatic heterocycles. The van der Waals surface area contributed by atoms with E-state index in [-0.39, 0.29) is 6.10 Å². The summed E-state index contributed by atoms with van der Waals surface area (Å²) in [6.07, 6.45) is 0.660. The lowest BCUT2D eigenvalue weighted by Gasteiger charge is -2.13. The molecular weight excluding hydrogens is 234 g/mol. The summed E-state index contributed by atoms with van der Waals surface area (Å²) < 4.78 is 10.5. The molecule has 18 heavy (non-hydrogen) atoms. The van der Waals surface area contributed by atoms with Crippen molar-refractivity contribution in [2.24, 2.45) is 0 Å². The molecule has 1 heterocycles. The number of carboxylic acid groups (broad SMARTS) is 1. The van der Waals surface area contributed by atoms with Gasteiger partial charge in [-0.2, -0.15) is 0 Å². The molecule has 2 atom stereocenters. The van der Waals surface area contributed by atoms with Crippen LogP contribution in [0.4, 0.5) is 5.69 Å². The van der Waals surface area contributed by atoms with Crippen LogP contribution in [0.5, 0.6) is 5.75 Å². The van der Waals surface area contributed by atoms with Crippen molar-refractivity contribution in [3.8, 4) is 5.75 Å². The van der Waals surface area contributed by atoms with Crippen molar-refractivity contribution < 1.29 is 19.4 Å². The highest BCUT2D eigenvalue weighted by Crippen LogP contribution is 2.21.